The monoisotopic (exact) mass is 373 g/mol. The number of benzene rings is 2. The maximum atomic E-state index is 12.3. The third kappa shape index (κ3) is 3.69. The molecule has 0 spiro atoms. The highest BCUT2D eigenvalue weighted by Crippen LogP contribution is 2.26. The predicted octanol–water partition coefficient (Wildman–Crippen LogP) is 3.75. The number of para-hydroxylation sites is 1. The van der Waals surface area contributed by atoms with E-state index in [1.54, 1.807) is 6.08 Å². The van der Waals surface area contributed by atoms with Gasteiger partial charge in [-0.3, -0.25) is 4.79 Å². The van der Waals surface area contributed by atoms with Gasteiger partial charge in [0.2, 0.25) is 5.91 Å². The van der Waals surface area contributed by atoms with E-state index in [9.17, 15) is 4.79 Å². The molecular formula is C23H23N3O2. The van der Waals surface area contributed by atoms with Gasteiger partial charge in [-0.05, 0) is 55.3 Å². The third-order valence-electron chi connectivity index (χ3n) is 5.02. The minimum absolute atomic E-state index is 0.122. The first-order valence-corrected chi connectivity index (χ1v) is 9.44. The highest BCUT2D eigenvalue weighted by Gasteiger charge is 2.13. The van der Waals surface area contributed by atoms with Crippen molar-refractivity contribution in [1.82, 2.24) is 15.1 Å². The third-order valence-corrected chi connectivity index (χ3v) is 5.02. The number of nitrogens with one attached hydrogen (secondary N) is 1. The molecule has 1 aliphatic rings. The zero-order chi connectivity index (χ0) is 19.5. The largest absolute Gasteiger partial charge is 0.493 e. The van der Waals surface area contributed by atoms with Gasteiger partial charge in [-0.1, -0.05) is 24.3 Å². The van der Waals surface area contributed by atoms with Crippen molar-refractivity contribution in [3.8, 4) is 11.4 Å². The Morgan fingerprint density at radius 1 is 1.21 bits per heavy atom. The molecule has 0 radical (unpaired) electrons. The lowest BCUT2D eigenvalue weighted by Gasteiger charge is -2.06. The fourth-order valence-electron chi connectivity index (χ4n) is 3.47. The van der Waals surface area contributed by atoms with Crippen LogP contribution in [-0.2, 0) is 17.8 Å². The molecule has 0 saturated heterocycles. The molecule has 2 aromatic carbocycles. The second kappa shape index (κ2) is 7.72. The average Bonchev–Trinajstić information content (AvgIpc) is 3.29. The van der Waals surface area contributed by atoms with Crippen molar-refractivity contribution in [3.05, 3.63) is 82.7 Å². The number of hydrogen-bond acceptors (Lipinski definition) is 3. The van der Waals surface area contributed by atoms with Crippen LogP contribution in [0, 0.1) is 13.8 Å². The number of ether oxygens (including phenoxy) is 1. The summed E-state index contributed by atoms with van der Waals surface area (Å²) in [6, 6.07) is 16.0. The Morgan fingerprint density at radius 2 is 2.04 bits per heavy atom. The highest BCUT2D eigenvalue weighted by molar-refractivity contribution is 5.91. The summed E-state index contributed by atoms with van der Waals surface area (Å²) in [5.41, 5.74) is 6.21. The minimum atomic E-state index is -0.122. The maximum Gasteiger partial charge on any atom is 0.244 e. The zero-order valence-electron chi connectivity index (χ0n) is 16.1. The quantitative estimate of drug-likeness (QED) is 0.693. The van der Waals surface area contributed by atoms with E-state index in [2.05, 4.69) is 16.5 Å². The van der Waals surface area contributed by atoms with Crippen molar-refractivity contribution in [3.63, 3.8) is 0 Å². The lowest BCUT2D eigenvalue weighted by atomic mass is 10.1. The van der Waals surface area contributed by atoms with Gasteiger partial charge in [0.05, 0.1) is 18.0 Å². The summed E-state index contributed by atoms with van der Waals surface area (Å²) in [7, 11) is 0. The standard InChI is InChI=1S/C23H23N3O2/c1-16-21(17(2)26(25-16)20-6-4-3-5-7-20)15-24-23(27)11-9-18-8-10-22-19(14-18)12-13-28-22/h3-11,14H,12-13,15H2,1-2H3,(H,24,27)/b11-9+. The molecule has 5 heteroatoms. The summed E-state index contributed by atoms with van der Waals surface area (Å²) in [5, 5.41) is 7.58. The predicted molar refractivity (Wildman–Crippen MR) is 110 cm³/mol. The molecule has 4 rings (SSSR count). The Balaban J connectivity index is 1.42. The van der Waals surface area contributed by atoms with Crippen LogP contribution in [0.5, 0.6) is 5.75 Å². The number of amides is 1. The molecule has 1 aliphatic heterocycles. The van der Waals surface area contributed by atoms with Crippen LogP contribution in [0.4, 0.5) is 0 Å². The molecule has 0 bridgehead atoms. The second-order valence-electron chi connectivity index (χ2n) is 6.91. The number of rotatable bonds is 5. The molecule has 0 unspecified atom stereocenters. The van der Waals surface area contributed by atoms with Crippen LogP contribution in [-0.4, -0.2) is 22.3 Å². The van der Waals surface area contributed by atoms with Crippen molar-refractivity contribution in [2.24, 2.45) is 0 Å². The van der Waals surface area contributed by atoms with Gasteiger partial charge in [0, 0.05) is 30.3 Å². The van der Waals surface area contributed by atoms with Crippen molar-refractivity contribution in [1.29, 1.82) is 0 Å². The topological polar surface area (TPSA) is 56.2 Å². The van der Waals surface area contributed by atoms with Gasteiger partial charge in [0.1, 0.15) is 5.75 Å². The molecule has 1 aromatic heterocycles. The Labute approximate surface area is 164 Å². The van der Waals surface area contributed by atoms with Gasteiger partial charge in [-0.25, -0.2) is 4.68 Å². The first-order valence-electron chi connectivity index (χ1n) is 9.44. The molecule has 1 amide bonds. The summed E-state index contributed by atoms with van der Waals surface area (Å²) in [5.74, 6) is 0.825. The fraction of sp³-hybridized carbons (Fsp3) is 0.217. The first kappa shape index (κ1) is 18.0. The van der Waals surface area contributed by atoms with Crippen LogP contribution in [0.1, 0.15) is 28.1 Å². The summed E-state index contributed by atoms with van der Waals surface area (Å²) < 4.78 is 7.43. The van der Waals surface area contributed by atoms with Crippen molar-refractivity contribution in [2.45, 2.75) is 26.8 Å². The average molecular weight is 373 g/mol. The fourth-order valence-corrected chi connectivity index (χ4v) is 3.47. The van der Waals surface area contributed by atoms with Crippen LogP contribution in [0.2, 0.25) is 0 Å². The van der Waals surface area contributed by atoms with E-state index in [1.165, 1.54) is 5.56 Å². The molecule has 3 aromatic rings. The molecule has 5 nitrogen and oxygen atoms in total. The molecule has 0 aliphatic carbocycles. The smallest absolute Gasteiger partial charge is 0.244 e. The van der Waals surface area contributed by atoms with E-state index in [0.29, 0.717) is 6.54 Å². The number of hydrogen-bond donors (Lipinski definition) is 1. The zero-order valence-corrected chi connectivity index (χ0v) is 16.1. The van der Waals surface area contributed by atoms with Gasteiger partial charge < -0.3 is 10.1 Å². The van der Waals surface area contributed by atoms with Crippen LogP contribution < -0.4 is 10.1 Å². The van der Waals surface area contributed by atoms with Crippen molar-refractivity contribution in [2.75, 3.05) is 6.61 Å². The maximum absolute atomic E-state index is 12.3. The SMILES string of the molecule is Cc1nn(-c2ccccc2)c(C)c1CNC(=O)/C=C/c1ccc2c(c1)CCO2. The van der Waals surface area contributed by atoms with E-state index < -0.39 is 0 Å². The van der Waals surface area contributed by atoms with Gasteiger partial charge in [-0.15, -0.1) is 0 Å². The molecule has 142 valence electrons. The molecule has 0 saturated carbocycles. The first-order chi connectivity index (χ1) is 13.6. The lowest BCUT2D eigenvalue weighted by molar-refractivity contribution is -0.116. The van der Waals surface area contributed by atoms with Gasteiger partial charge in [0.15, 0.2) is 0 Å². The van der Waals surface area contributed by atoms with Gasteiger partial charge in [0.25, 0.3) is 0 Å². The Hall–Kier alpha value is -3.34. The molecule has 28 heavy (non-hydrogen) atoms. The highest BCUT2D eigenvalue weighted by atomic mass is 16.5. The van der Waals surface area contributed by atoms with E-state index in [1.807, 2.05) is 67.1 Å². The molecule has 0 atom stereocenters. The number of carbonyl (C=O) groups excluding carboxylic acids is 1. The summed E-state index contributed by atoms with van der Waals surface area (Å²) in [6.07, 6.45) is 4.33. The molecule has 2 heterocycles. The van der Waals surface area contributed by atoms with Crippen LogP contribution in [0.3, 0.4) is 0 Å². The van der Waals surface area contributed by atoms with Gasteiger partial charge in [-0.2, -0.15) is 5.10 Å². The number of carbonyl (C=O) groups is 1. The van der Waals surface area contributed by atoms with E-state index in [0.717, 1.165) is 47.0 Å². The number of fused-ring (bicyclic) bond motifs is 1. The van der Waals surface area contributed by atoms with Crippen molar-refractivity contribution < 1.29 is 9.53 Å². The van der Waals surface area contributed by atoms with E-state index >= 15 is 0 Å². The minimum Gasteiger partial charge on any atom is -0.493 e. The second-order valence-corrected chi connectivity index (χ2v) is 6.91. The van der Waals surface area contributed by atoms with Crippen molar-refractivity contribution >= 4 is 12.0 Å². The van der Waals surface area contributed by atoms with Crippen LogP contribution in [0.25, 0.3) is 11.8 Å². The Bertz CT molecular complexity index is 1040. The van der Waals surface area contributed by atoms with E-state index in [4.69, 9.17) is 4.74 Å². The summed E-state index contributed by atoms with van der Waals surface area (Å²) in [4.78, 5) is 12.3. The molecule has 0 fully saturated rings. The number of nitrogens with zero attached hydrogens (tertiary/aromatic N) is 2. The van der Waals surface area contributed by atoms with Gasteiger partial charge >= 0.3 is 0 Å². The van der Waals surface area contributed by atoms with E-state index in [-0.39, 0.29) is 5.91 Å². The number of aromatic nitrogens is 2. The Kier molecular flexibility index (Phi) is 4.98. The Morgan fingerprint density at radius 3 is 2.86 bits per heavy atom. The molecule has 1 N–H and O–H groups in total. The van der Waals surface area contributed by atoms with Crippen LogP contribution in [0.15, 0.2) is 54.6 Å². The molecular weight excluding hydrogens is 350 g/mol. The van der Waals surface area contributed by atoms with Crippen LogP contribution >= 0.6 is 0 Å². The summed E-state index contributed by atoms with van der Waals surface area (Å²) in [6.45, 7) is 5.18. The summed E-state index contributed by atoms with van der Waals surface area (Å²) >= 11 is 0. The normalized spacial score (nSPS) is 12.8. The number of aryl methyl sites for hydroxylation is 1. The lowest BCUT2D eigenvalue weighted by Crippen LogP contribution is -2.21.